The van der Waals surface area contributed by atoms with E-state index in [-0.39, 0.29) is 5.38 Å². The fourth-order valence-electron chi connectivity index (χ4n) is 2.49. The average molecular weight is 279 g/mol. The zero-order chi connectivity index (χ0) is 13.4. The molecule has 0 amide bonds. The molecule has 1 heterocycles. The van der Waals surface area contributed by atoms with E-state index >= 15 is 0 Å². The standard InChI is InChI=1S/C16H19ClS/c1-9-10(2)12(4)15(13(5)11(9)3)16(17)14-7-6-8-18-14/h6-8,16H,1-5H3. The zero-order valence-corrected chi connectivity index (χ0v) is 13.2. The van der Waals surface area contributed by atoms with Gasteiger partial charge in [0, 0.05) is 4.88 Å². The molecule has 1 aromatic heterocycles. The molecule has 96 valence electrons. The molecule has 0 nitrogen and oxygen atoms in total. The van der Waals surface area contributed by atoms with Gasteiger partial charge in [0.2, 0.25) is 0 Å². The Bertz CT molecular complexity index is 538. The smallest absolute Gasteiger partial charge is 0.0933 e. The molecule has 0 aliphatic rings. The van der Waals surface area contributed by atoms with Crippen LogP contribution >= 0.6 is 22.9 Å². The lowest BCUT2D eigenvalue weighted by molar-refractivity contribution is 1.05. The Balaban J connectivity index is 2.65. The summed E-state index contributed by atoms with van der Waals surface area (Å²) in [5.41, 5.74) is 8.10. The van der Waals surface area contributed by atoms with Crippen LogP contribution in [-0.2, 0) is 0 Å². The maximum absolute atomic E-state index is 6.69. The molecular weight excluding hydrogens is 260 g/mol. The summed E-state index contributed by atoms with van der Waals surface area (Å²) in [6.07, 6.45) is 0. The monoisotopic (exact) mass is 278 g/mol. The lowest BCUT2D eigenvalue weighted by Gasteiger charge is -2.21. The van der Waals surface area contributed by atoms with E-state index in [2.05, 4.69) is 52.1 Å². The molecule has 0 bridgehead atoms. The van der Waals surface area contributed by atoms with Gasteiger partial charge >= 0.3 is 0 Å². The summed E-state index contributed by atoms with van der Waals surface area (Å²) in [6, 6.07) is 4.18. The van der Waals surface area contributed by atoms with Crippen molar-refractivity contribution in [3.05, 3.63) is 55.8 Å². The fourth-order valence-corrected chi connectivity index (χ4v) is 3.75. The van der Waals surface area contributed by atoms with Crippen molar-refractivity contribution in [3.8, 4) is 0 Å². The predicted octanol–water partition coefficient (Wildman–Crippen LogP) is 5.62. The van der Waals surface area contributed by atoms with Gasteiger partial charge in [-0.25, -0.2) is 0 Å². The van der Waals surface area contributed by atoms with Crippen molar-refractivity contribution in [1.82, 2.24) is 0 Å². The first-order chi connectivity index (χ1) is 8.45. The molecule has 1 atom stereocenters. The zero-order valence-electron chi connectivity index (χ0n) is 11.6. The second kappa shape index (κ2) is 5.07. The normalized spacial score (nSPS) is 12.8. The van der Waals surface area contributed by atoms with Crippen LogP contribution in [0.1, 0.15) is 43.6 Å². The Morgan fingerprint density at radius 3 is 1.83 bits per heavy atom. The largest absolute Gasteiger partial charge is 0.147 e. The van der Waals surface area contributed by atoms with E-state index in [0.717, 1.165) is 0 Å². The van der Waals surface area contributed by atoms with E-state index in [1.54, 1.807) is 11.3 Å². The molecule has 0 N–H and O–H groups in total. The molecule has 0 radical (unpaired) electrons. The van der Waals surface area contributed by atoms with Gasteiger partial charge in [-0.2, -0.15) is 0 Å². The van der Waals surface area contributed by atoms with E-state index in [4.69, 9.17) is 11.6 Å². The van der Waals surface area contributed by atoms with Crippen LogP contribution in [-0.4, -0.2) is 0 Å². The molecule has 0 aliphatic carbocycles. The van der Waals surface area contributed by atoms with Crippen molar-refractivity contribution in [2.24, 2.45) is 0 Å². The van der Waals surface area contributed by atoms with E-state index < -0.39 is 0 Å². The second-order valence-corrected chi connectivity index (χ2v) is 6.33. The van der Waals surface area contributed by atoms with Crippen LogP contribution in [0.25, 0.3) is 0 Å². The van der Waals surface area contributed by atoms with E-state index in [9.17, 15) is 0 Å². The van der Waals surface area contributed by atoms with Crippen LogP contribution in [0.3, 0.4) is 0 Å². The molecule has 0 saturated heterocycles. The minimum atomic E-state index is -0.0250. The molecule has 1 aromatic carbocycles. The highest BCUT2D eigenvalue weighted by atomic mass is 35.5. The average Bonchev–Trinajstić information content (AvgIpc) is 2.88. The van der Waals surface area contributed by atoms with Crippen LogP contribution in [0.15, 0.2) is 17.5 Å². The Labute approximate surface area is 119 Å². The van der Waals surface area contributed by atoms with Crippen LogP contribution in [0, 0.1) is 34.6 Å². The number of hydrogen-bond donors (Lipinski definition) is 0. The highest BCUT2D eigenvalue weighted by Crippen LogP contribution is 2.38. The summed E-state index contributed by atoms with van der Waals surface area (Å²) >= 11 is 8.42. The molecule has 18 heavy (non-hydrogen) atoms. The molecule has 2 aromatic rings. The van der Waals surface area contributed by atoms with Gasteiger partial charge in [0.15, 0.2) is 0 Å². The van der Waals surface area contributed by atoms with Crippen molar-refractivity contribution in [2.45, 2.75) is 40.0 Å². The minimum Gasteiger partial charge on any atom is -0.147 e. The van der Waals surface area contributed by atoms with E-state index in [1.165, 1.54) is 38.3 Å². The Kier molecular flexibility index (Phi) is 3.84. The van der Waals surface area contributed by atoms with Crippen LogP contribution in [0.4, 0.5) is 0 Å². The molecule has 2 rings (SSSR count). The summed E-state index contributed by atoms with van der Waals surface area (Å²) in [4.78, 5) is 1.23. The van der Waals surface area contributed by atoms with Crippen molar-refractivity contribution in [2.75, 3.05) is 0 Å². The van der Waals surface area contributed by atoms with Crippen LogP contribution < -0.4 is 0 Å². The van der Waals surface area contributed by atoms with Gasteiger partial charge < -0.3 is 0 Å². The second-order valence-electron chi connectivity index (χ2n) is 4.92. The molecule has 2 heteroatoms. The van der Waals surface area contributed by atoms with Crippen molar-refractivity contribution in [3.63, 3.8) is 0 Å². The minimum absolute atomic E-state index is 0.0250. The van der Waals surface area contributed by atoms with Gasteiger partial charge in [-0.05, 0) is 79.4 Å². The molecule has 0 saturated carbocycles. The molecule has 0 spiro atoms. The summed E-state index contributed by atoms with van der Waals surface area (Å²) < 4.78 is 0. The lowest BCUT2D eigenvalue weighted by Crippen LogP contribution is -2.05. The lowest BCUT2D eigenvalue weighted by atomic mass is 9.88. The Morgan fingerprint density at radius 2 is 1.39 bits per heavy atom. The number of rotatable bonds is 2. The van der Waals surface area contributed by atoms with E-state index in [1.807, 2.05) is 0 Å². The van der Waals surface area contributed by atoms with Crippen molar-refractivity contribution in [1.29, 1.82) is 0 Å². The summed E-state index contributed by atoms with van der Waals surface area (Å²) in [5, 5.41) is 2.06. The first kappa shape index (κ1) is 13.6. The quantitative estimate of drug-likeness (QED) is 0.626. The van der Waals surface area contributed by atoms with Gasteiger partial charge in [0.25, 0.3) is 0 Å². The fraction of sp³-hybridized carbons (Fsp3) is 0.375. The van der Waals surface area contributed by atoms with Gasteiger partial charge in [-0.15, -0.1) is 22.9 Å². The van der Waals surface area contributed by atoms with Gasteiger partial charge in [-0.1, -0.05) is 6.07 Å². The molecular formula is C16H19ClS. The highest BCUT2D eigenvalue weighted by molar-refractivity contribution is 7.10. The number of alkyl halides is 1. The number of benzene rings is 1. The Morgan fingerprint density at radius 1 is 0.889 bits per heavy atom. The predicted molar refractivity (Wildman–Crippen MR) is 82.1 cm³/mol. The number of thiophene rings is 1. The van der Waals surface area contributed by atoms with Gasteiger partial charge in [0.05, 0.1) is 5.38 Å². The summed E-state index contributed by atoms with van der Waals surface area (Å²) in [5.74, 6) is 0. The molecule has 0 aliphatic heterocycles. The highest BCUT2D eigenvalue weighted by Gasteiger charge is 2.20. The van der Waals surface area contributed by atoms with E-state index in [0.29, 0.717) is 0 Å². The third-order valence-corrected chi connectivity index (χ3v) is 5.62. The molecule has 0 fully saturated rings. The first-order valence-electron chi connectivity index (χ1n) is 6.19. The first-order valence-corrected chi connectivity index (χ1v) is 7.51. The number of halogens is 1. The Hall–Kier alpha value is -0.790. The maximum atomic E-state index is 6.69. The van der Waals surface area contributed by atoms with Crippen molar-refractivity contribution < 1.29 is 0 Å². The maximum Gasteiger partial charge on any atom is 0.0933 e. The third-order valence-electron chi connectivity index (χ3n) is 4.10. The van der Waals surface area contributed by atoms with Crippen LogP contribution in [0.5, 0.6) is 0 Å². The topological polar surface area (TPSA) is 0 Å². The van der Waals surface area contributed by atoms with Gasteiger partial charge in [-0.3, -0.25) is 0 Å². The SMILES string of the molecule is Cc1c(C)c(C)c(C(Cl)c2cccs2)c(C)c1C. The summed E-state index contributed by atoms with van der Waals surface area (Å²) in [6.45, 7) is 11.0. The summed E-state index contributed by atoms with van der Waals surface area (Å²) in [7, 11) is 0. The number of hydrogen-bond acceptors (Lipinski definition) is 1. The van der Waals surface area contributed by atoms with Crippen molar-refractivity contribution >= 4 is 22.9 Å². The van der Waals surface area contributed by atoms with Gasteiger partial charge in [0.1, 0.15) is 0 Å². The molecule has 1 unspecified atom stereocenters. The van der Waals surface area contributed by atoms with Crippen LogP contribution in [0.2, 0.25) is 0 Å². The third kappa shape index (κ3) is 2.10.